The van der Waals surface area contributed by atoms with E-state index in [-0.39, 0.29) is 17.6 Å². The van der Waals surface area contributed by atoms with Crippen LogP contribution in [0.2, 0.25) is 0 Å². The molecule has 5 heteroatoms. The first-order valence-corrected chi connectivity index (χ1v) is 3.28. The molecule has 60 valence electrons. The predicted octanol–water partition coefficient (Wildman–Crippen LogP) is 1.40. The maximum Gasteiger partial charge on any atom is 0.269 e. The lowest BCUT2D eigenvalue weighted by atomic mass is 9.96. The van der Waals surface area contributed by atoms with E-state index in [1.54, 1.807) is 0 Å². The van der Waals surface area contributed by atoms with E-state index in [0.717, 1.165) is 18.2 Å². The first-order chi connectivity index (χ1) is 5.65. The highest BCUT2D eigenvalue weighted by Gasteiger charge is 2.08. The molecule has 0 fully saturated rings. The Labute approximate surface area is 69.8 Å². The van der Waals surface area contributed by atoms with E-state index in [2.05, 4.69) is 0 Å². The number of non-ortho nitro benzene ring substituents is 1. The number of nitro benzene ring substituents is 1. The molecule has 0 amide bonds. The molecule has 1 aromatic carbocycles. The zero-order valence-corrected chi connectivity index (χ0v) is 6.16. The fourth-order valence-electron chi connectivity index (χ4n) is 0.831. The molecule has 1 aromatic rings. The van der Waals surface area contributed by atoms with E-state index in [0.29, 0.717) is 0 Å². The number of nitrogens with zero attached hydrogens (tertiary/aromatic N) is 1. The van der Waals surface area contributed by atoms with Crippen LogP contribution in [0.4, 0.5) is 10.1 Å². The summed E-state index contributed by atoms with van der Waals surface area (Å²) >= 11 is 0. The van der Waals surface area contributed by atoms with E-state index >= 15 is 0 Å². The van der Waals surface area contributed by atoms with Gasteiger partial charge in [-0.2, -0.15) is 0 Å². The Balaban J connectivity index is 3.13. The van der Waals surface area contributed by atoms with Gasteiger partial charge >= 0.3 is 0 Å². The van der Waals surface area contributed by atoms with Gasteiger partial charge in [0.2, 0.25) is 0 Å². The molecule has 3 nitrogen and oxygen atoms in total. The summed E-state index contributed by atoms with van der Waals surface area (Å²) in [6.07, 6.45) is -0.0342. The van der Waals surface area contributed by atoms with Crippen molar-refractivity contribution in [3.63, 3.8) is 0 Å². The summed E-state index contributed by atoms with van der Waals surface area (Å²) in [6, 6.07) is 3.28. The minimum Gasteiger partial charge on any atom is -0.258 e. The monoisotopic (exact) mass is 165 g/mol. The molecule has 2 radical (unpaired) electrons. The van der Waals surface area contributed by atoms with Crippen molar-refractivity contribution in [3.8, 4) is 0 Å². The summed E-state index contributed by atoms with van der Waals surface area (Å²) in [5.41, 5.74) is 0.0149. The van der Waals surface area contributed by atoms with Crippen molar-refractivity contribution < 1.29 is 9.31 Å². The second-order valence-corrected chi connectivity index (χ2v) is 2.24. The normalized spacial score (nSPS) is 9.75. The van der Waals surface area contributed by atoms with Gasteiger partial charge in [-0.05, 0) is 11.6 Å². The van der Waals surface area contributed by atoms with Crippen molar-refractivity contribution in [1.29, 1.82) is 0 Å². The van der Waals surface area contributed by atoms with Gasteiger partial charge in [-0.3, -0.25) is 10.1 Å². The molecule has 0 atom stereocenters. The van der Waals surface area contributed by atoms with Crippen LogP contribution in [0.15, 0.2) is 18.2 Å². The van der Waals surface area contributed by atoms with E-state index in [4.69, 9.17) is 7.85 Å². The molecule has 0 aliphatic carbocycles. The van der Waals surface area contributed by atoms with Gasteiger partial charge in [-0.15, -0.1) is 0 Å². The number of hydrogen-bond acceptors (Lipinski definition) is 2. The third-order valence-corrected chi connectivity index (χ3v) is 1.46. The summed E-state index contributed by atoms with van der Waals surface area (Å²) < 4.78 is 12.7. The Hall–Kier alpha value is -1.39. The second kappa shape index (κ2) is 3.34. The lowest BCUT2D eigenvalue weighted by Crippen LogP contribution is -1.94. The van der Waals surface area contributed by atoms with Crippen molar-refractivity contribution in [1.82, 2.24) is 0 Å². The standard InChI is InChI=1S/C7H5BFNO2/c8-4-5-3-6(10(11)12)1-2-7(5)9/h1-3H,4H2. The molecule has 0 aliphatic heterocycles. The third kappa shape index (κ3) is 1.61. The van der Waals surface area contributed by atoms with Gasteiger partial charge in [0.25, 0.3) is 5.69 Å². The van der Waals surface area contributed by atoms with E-state index in [1.807, 2.05) is 0 Å². The van der Waals surface area contributed by atoms with E-state index in [9.17, 15) is 14.5 Å². The largest absolute Gasteiger partial charge is 0.269 e. The molecule has 0 saturated carbocycles. The highest BCUT2D eigenvalue weighted by atomic mass is 19.1. The molecule has 0 bridgehead atoms. The Kier molecular flexibility index (Phi) is 2.42. The summed E-state index contributed by atoms with van der Waals surface area (Å²) in [6.45, 7) is 0. The lowest BCUT2D eigenvalue weighted by molar-refractivity contribution is -0.385. The molecule has 12 heavy (non-hydrogen) atoms. The van der Waals surface area contributed by atoms with E-state index in [1.165, 1.54) is 0 Å². The summed E-state index contributed by atoms with van der Waals surface area (Å²) in [5, 5.41) is 10.2. The van der Waals surface area contributed by atoms with Crippen molar-refractivity contribution in [2.45, 2.75) is 6.32 Å². The molecule has 0 aliphatic rings. The number of rotatable bonds is 2. The average molecular weight is 165 g/mol. The number of nitro groups is 1. The van der Waals surface area contributed by atoms with Gasteiger partial charge in [0, 0.05) is 12.1 Å². The van der Waals surface area contributed by atoms with Crippen LogP contribution in [0.25, 0.3) is 0 Å². The zero-order chi connectivity index (χ0) is 9.14. The molecular weight excluding hydrogens is 160 g/mol. The molecule has 0 spiro atoms. The molecule has 1 rings (SSSR count). The number of halogens is 1. The van der Waals surface area contributed by atoms with Crippen LogP contribution >= 0.6 is 0 Å². The van der Waals surface area contributed by atoms with Crippen LogP contribution in [-0.2, 0) is 6.32 Å². The minimum atomic E-state index is -0.585. The van der Waals surface area contributed by atoms with E-state index < -0.39 is 10.7 Å². The lowest BCUT2D eigenvalue weighted by Gasteiger charge is -1.97. The predicted molar refractivity (Wildman–Crippen MR) is 42.5 cm³/mol. The SMILES string of the molecule is [B]Cc1cc([N+](=O)[O-])ccc1F. The van der Waals surface area contributed by atoms with Gasteiger partial charge in [-0.1, -0.05) is 6.32 Å². The van der Waals surface area contributed by atoms with Crippen molar-refractivity contribution >= 4 is 13.5 Å². The van der Waals surface area contributed by atoms with Gasteiger partial charge in [0.05, 0.1) is 12.8 Å². The first-order valence-electron chi connectivity index (χ1n) is 3.28. The van der Waals surface area contributed by atoms with Crippen LogP contribution in [0.5, 0.6) is 0 Å². The van der Waals surface area contributed by atoms with Crippen LogP contribution < -0.4 is 0 Å². The minimum absolute atomic E-state index is 0.0342. The van der Waals surface area contributed by atoms with Crippen molar-refractivity contribution in [2.24, 2.45) is 0 Å². The second-order valence-electron chi connectivity index (χ2n) is 2.24. The van der Waals surface area contributed by atoms with Gasteiger partial charge < -0.3 is 0 Å². The Morgan fingerprint density at radius 1 is 1.58 bits per heavy atom. The van der Waals surface area contributed by atoms with Crippen molar-refractivity contribution in [3.05, 3.63) is 39.7 Å². The Morgan fingerprint density at radius 2 is 2.25 bits per heavy atom. The molecule has 0 unspecified atom stereocenters. The Morgan fingerprint density at radius 3 is 2.75 bits per heavy atom. The quantitative estimate of drug-likeness (QED) is 0.377. The van der Waals surface area contributed by atoms with Crippen LogP contribution in [-0.4, -0.2) is 12.8 Å². The molecule has 0 N–H and O–H groups in total. The highest BCUT2D eigenvalue weighted by Crippen LogP contribution is 2.16. The third-order valence-electron chi connectivity index (χ3n) is 1.46. The molecule has 0 saturated heterocycles. The fourth-order valence-corrected chi connectivity index (χ4v) is 0.831. The summed E-state index contributed by atoms with van der Waals surface area (Å²) in [5.74, 6) is -0.511. The fraction of sp³-hybridized carbons (Fsp3) is 0.143. The Bertz CT molecular complexity index is 316. The van der Waals surface area contributed by atoms with Crippen LogP contribution in [0.3, 0.4) is 0 Å². The molecule has 0 heterocycles. The number of benzene rings is 1. The van der Waals surface area contributed by atoms with Crippen molar-refractivity contribution in [2.75, 3.05) is 0 Å². The summed E-state index contributed by atoms with van der Waals surface area (Å²) in [7, 11) is 5.16. The number of hydrogen-bond donors (Lipinski definition) is 0. The van der Waals surface area contributed by atoms with Crippen LogP contribution in [0, 0.1) is 15.9 Å². The van der Waals surface area contributed by atoms with Crippen LogP contribution in [0.1, 0.15) is 5.56 Å². The first kappa shape index (κ1) is 8.71. The smallest absolute Gasteiger partial charge is 0.258 e. The maximum absolute atomic E-state index is 12.7. The zero-order valence-electron chi connectivity index (χ0n) is 6.16. The van der Waals surface area contributed by atoms with Gasteiger partial charge in [-0.25, -0.2) is 4.39 Å². The maximum atomic E-state index is 12.7. The average Bonchev–Trinajstić information content (AvgIpc) is 2.05. The molecule has 0 aromatic heterocycles. The highest BCUT2D eigenvalue weighted by molar-refractivity contribution is 6.08. The van der Waals surface area contributed by atoms with Gasteiger partial charge in [0.15, 0.2) is 0 Å². The summed E-state index contributed by atoms with van der Waals surface area (Å²) in [4.78, 5) is 9.64. The molecular formula is C7H5BFNO2. The topological polar surface area (TPSA) is 43.1 Å². The van der Waals surface area contributed by atoms with Gasteiger partial charge in [0.1, 0.15) is 5.82 Å².